The van der Waals surface area contributed by atoms with E-state index in [1.807, 2.05) is 20.8 Å². The molecule has 19 heavy (non-hydrogen) atoms. The van der Waals surface area contributed by atoms with Gasteiger partial charge in [0.2, 0.25) is 10.0 Å². The molecule has 0 aliphatic heterocycles. The molecule has 0 aliphatic carbocycles. The van der Waals surface area contributed by atoms with Crippen molar-refractivity contribution in [3.05, 3.63) is 6.20 Å². The maximum Gasteiger partial charge on any atom is 0.246 e. The third kappa shape index (κ3) is 4.19. The van der Waals surface area contributed by atoms with Crippen LogP contribution in [0.1, 0.15) is 20.8 Å². The normalized spacial score (nSPS) is 13.9. The van der Waals surface area contributed by atoms with Gasteiger partial charge in [0.25, 0.3) is 0 Å². The molecule has 0 aromatic carbocycles. The van der Waals surface area contributed by atoms with Crippen molar-refractivity contribution in [1.82, 2.24) is 19.4 Å². The predicted molar refractivity (Wildman–Crippen MR) is 75.2 cm³/mol. The molecule has 110 valence electrons. The number of nitrogen functional groups attached to an aromatic ring is 1. The summed E-state index contributed by atoms with van der Waals surface area (Å²) in [7, 11) is -1.98. The molecule has 0 spiro atoms. The van der Waals surface area contributed by atoms with Gasteiger partial charge in [-0.05, 0) is 20.0 Å². The van der Waals surface area contributed by atoms with Gasteiger partial charge in [0, 0.05) is 25.8 Å². The fourth-order valence-corrected chi connectivity index (χ4v) is 3.26. The molecule has 1 unspecified atom stereocenters. The van der Waals surface area contributed by atoms with Crippen molar-refractivity contribution >= 4 is 15.8 Å². The van der Waals surface area contributed by atoms with Crippen LogP contribution in [0.15, 0.2) is 11.1 Å². The molecule has 7 nitrogen and oxygen atoms in total. The molecule has 8 heteroatoms. The van der Waals surface area contributed by atoms with Crippen LogP contribution in [0.2, 0.25) is 0 Å². The third-order valence-electron chi connectivity index (χ3n) is 2.89. The second kappa shape index (κ2) is 6.36. The first-order valence-corrected chi connectivity index (χ1v) is 7.82. The highest BCUT2D eigenvalue weighted by molar-refractivity contribution is 7.89. The Kier molecular flexibility index (Phi) is 5.33. The van der Waals surface area contributed by atoms with Crippen LogP contribution in [0.3, 0.4) is 0 Å². The average Bonchev–Trinajstić information content (AvgIpc) is 2.65. The Hall–Kier alpha value is -1.12. The van der Waals surface area contributed by atoms with Gasteiger partial charge in [-0.15, -0.1) is 0 Å². The zero-order valence-corrected chi connectivity index (χ0v) is 12.7. The van der Waals surface area contributed by atoms with E-state index in [9.17, 15) is 8.42 Å². The van der Waals surface area contributed by atoms with Gasteiger partial charge < -0.3 is 10.6 Å². The Morgan fingerprint density at radius 2 is 2.05 bits per heavy atom. The minimum Gasteiger partial charge on any atom is -0.381 e. The van der Waals surface area contributed by atoms with Crippen LogP contribution in [-0.4, -0.2) is 48.8 Å². The second-order valence-electron chi connectivity index (χ2n) is 4.56. The van der Waals surface area contributed by atoms with Crippen molar-refractivity contribution in [3.8, 4) is 0 Å². The highest BCUT2D eigenvalue weighted by Crippen LogP contribution is 2.15. The molecule has 0 aliphatic rings. The molecule has 1 aromatic heterocycles. The highest BCUT2D eigenvalue weighted by atomic mass is 32.2. The number of nitrogens with two attached hydrogens (primary N) is 1. The van der Waals surface area contributed by atoms with Gasteiger partial charge in [0.1, 0.15) is 4.90 Å². The van der Waals surface area contributed by atoms with Gasteiger partial charge in [-0.2, -0.15) is 5.10 Å². The van der Waals surface area contributed by atoms with Gasteiger partial charge in [0.15, 0.2) is 5.82 Å². The smallest absolute Gasteiger partial charge is 0.246 e. The Labute approximate surface area is 114 Å². The van der Waals surface area contributed by atoms with E-state index in [1.165, 1.54) is 10.9 Å². The van der Waals surface area contributed by atoms with Crippen molar-refractivity contribution < 1.29 is 8.42 Å². The van der Waals surface area contributed by atoms with E-state index < -0.39 is 10.0 Å². The molecule has 0 bridgehead atoms. The Balaban J connectivity index is 2.77. The summed E-state index contributed by atoms with van der Waals surface area (Å²) < 4.78 is 28.4. The molecule has 0 saturated heterocycles. The number of nitrogens with one attached hydrogen (secondary N) is 1. The summed E-state index contributed by atoms with van der Waals surface area (Å²) in [6.45, 7) is 8.36. The summed E-state index contributed by atoms with van der Waals surface area (Å²) in [6, 6.07) is -0.190. The van der Waals surface area contributed by atoms with Crippen molar-refractivity contribution in [1.29, 1.82) is 0 Å². The van der Waals surface area contributed by atoms with Gasteiger partial charge in [-0.1, -0.05) is 13.8 Å². The number of sulfonamides is 1. The van der Waals surface area contributed by atoms with E-state index >= 15 is 0 Å². The lowest BCUT2D eigenvalue weighted by Gasteiger charge is -2.23. The van der Waals surface area contributed by atoms with E-state index in [0.717, 1.165) is 13.1 Å². The predicted octanol–water partition coefficient (Wildman–Crippen LogP) is 0.0109. The number of aryl methyl sites for hydroxylation is 1. The van der Waals surface area contributed by atoms with Crippen molar-refractivity contribution in [3.63, 3.8) is 0 Å². The molecule has 1 rings (SSSR count). The number of aromatic nitrogens is 2. The molecule has 1 heterocycles. The van der Waals surface area contributed by atoms with Gasteiger partial charge in [-0.3, -0.25) is 4.68 Å². The molecule has 0 radical (unpaired) electrons. The first-order chi connectivity index (χ1) is 8.80. The topological polar surface area (TPSA) is 93.2 Å². The van der Waals surface area contributed by atoms with Crippen molar-refractivity contribution in [2.24, 2.45) is 7.05 Å². The summed E-state index contributed by atoms with van der Waals surface area (Å²) >= 11 is 0. The summed E-state index contributed by atoms with van der Waals surface area (Å²) in [5.74, 6) is 0.0186. The monoisotopic (exact) mass is 289 g/mol. The number of likely N-dealkylation sites (N-methyl/N-ethyl adjacent to an activating group) is 1. The molecular formula is C11H23N5O2S. The first kappa shape index (κ1) is 15.9. The van der Waals surface area contributed by atoms with Gasteiger partial charge in [-0.25, -0.2) is 13.1 Å². The van der Waals surface area contributed by atoms with E-state index in [1.54, 1.807) is 7.05 Å². The summed E-state index contributed by atoms with van der Waals surface area (Å²) in [5, 5.41) is 3.84. The molecule has 1 aromatic rings. The lowest BCUT2D eigenvalue weighted by Crippen LogP contribution is -2.41. The lowest BCUT2D eigenvalue weighted by molar-refractivity contribution is 0.282. The zero-order chi connectivity index (χ0) is 14.6. The molecule has 0 fully saturated rings. The Morgan fingerprint density at radius 3 is 2.47 bits per heavy atom. The molecule has 0 saturated carbocycles. The lowest BCUT2D eigenvalue weighted by atomic mass is 10.3. The number of rotatable bonds is 7. The third-order valence-corrected chi connectivity index (χ3v) is 4.50. The summed E-state index contributed by atoms with van der Waals surface area (Å²) in [6.07, 6.45) is 1.40. The van der Waals surface area contributed by atoms with Crippen LogP contribution in [0.4, 0.5) is 5.82 Å². The minimum absolute atomic E-state index is 0.0186. The fraction of sp³-hybridized carbons (Fsp3) is 0.727. The van der Waals surface area contributed by atoms with E-state index in [4.69, 9.17) is 5.73 Å². The van der Waals surface area contributed by atoms with Gasteiger partial charge >= 0.3 is 0 Å². The van der Waals surface area contributed by atoms with E-state index in [0.29, 0.717) is 6.54 Å². The largest absolute Gasteiger partial charge is 0.381 e. The Morgan fingerprint density at radius 1 is 1.47 bits per heavy atom. The van der Waals surface area contributed by atoms with Crippen LogP contribution in [0, 0.1) is 0 Å². The number of nitrogens with zero attached hydrogens (tertiary/aromatic N) is 3. The maximum absolute atomic E-state index is 12.2. The number of anilines is 1. The highest BCUT2D eigenvalue weighted by Gasteiger charge is 2.23. The summed E-state index contributed by atoms with van der Waals surface area (Å²) in [5.41, 5.74) is 5.60. The SMILES string of the molecule is CCN(CC)CC(C)NS(=O)(=O)c1cn(C)nc1N. The molecule has 0 amide bonds. The quantitative estimate of drug-likeness (QED) is 0.737. The number of hydrogen-bond acceptors (Lipinski definition) is 5. The van der Waals surface area contributed by atoms with Crippen LogP contribution in [0.25, 0.3) is 0 Å². The minimum atomic E-state index is -3.62. The average molecular weight is 289 g/mol. The molecular weight excluding hydrogens is 266 g/mol. The fourth-order valence-electron chi connectivity index (χ4n) is 1.93. The van der Waals surface area contributed by atoms with Crippen molar-refractivity contribution in [2.75, 3.05) is 25.4 Å². The molecule has 3 N–H and O–H groups in total. The molecule has 1 atom stereocenters. The van der Waals surface area contributed by atoms with Crippen molar-refractivity contribution in [2.45, 2.75) is 31.7 Å². The maximum atomic E-state index is 12.2. The zero-order valence-electron chi connectivity index (χ0n) is 11.9. The van der Waals surface area contributed by atoms with Crippen LogP contribution in [-0.2, 0) is 17.1 Å². The second-order valence-corrected chi connectivity index (χ2v) is 6.24. The van der Waals surface area contributed by atoms with E-state index in [2.05, 4.69) is 14.7 Å². The Bertz CT molecular complexity index is 507. The number of hydrogen-bond donors (Lipinski definition) is 2. The summed E-state index contributed by atoms with van der Waals surface area (Å²) in [4.78, 5) is 2.18. The standard InChI is InChI=1S/C11H23N5O2S/c1-5-16(6-2)7-9(3)14-19(17,18)10-8-15(4)13-11(10)12/h8-9,14H,5-7H2,1-4H3,(H2,12,13). The van der Waals surface area contributed by atoms with E-state index in [-0.39, 0.29) is 16.8 Å². The van der Waals surface area contributed by atoms with Crippen LogP contribution in [0.5, 0.6) is 0 Å². The van der Waals surface area contributed by atoms with Crippen LogP contribution >= 0.6 is 0 Å². The van der Waals surface area contributed by atoms with Crippen LogP contribution < -0.4 is 10.5 Å². The van der Waals surface area contributed by atoms with Gasteiger partial charge in [0.05, 0.1) is 0 Å². The first-order valence-electron chi connectivity index (χ1n) is 6.34.